The first kappa shape index (κ1) is 16.7. The number of ketones is 1. The number of hydrogen-bond donors (Lipinski definition) is 3. The molecule has 0 aromatic carbocycles. The monoisotopic (exact) mass is 334 g/mol. The number of carbonyl (C=O) groups excluding carboxylic acids is 1. The van der Waals surface area contributed by atoms with E-state index in [0.717, 1.165) is 24.8 Å². The van der Waals surface area contributed by atoms with E-state index in [2.05, 4.69) is 6.58 Å². The highest BCUT2D eigenvalue weighted by atomic mass is 16.3. The molecule has 134 valence electrons. The van der Waals surface area contributed by atoms with Crippen LogP contribution in [-0.4, -0.2) is 38.4 Å². The Labute approximate surface area is 144 Å². The van der Waals surface area contributed by atoms with Gasteiger partial charge in [-0.05, 0) is 56.3 Å². The van der Waals surface area contributed by atoms with Gasteiger partial charge in [0.15, 0.2) is 0 Å². The Morgan fingerprint density at radius 2 is 1.75 bits per heavy atom. The van der Waals surface area contributed by atoms with Crippen molar-refractivity contribution in [3.8, 4) is 0 Å². The van der Waals surface area contributed by atoms with Crippen LogP contribution in [-0.2, 0) is 4.79 Å². The van der Waals surface area contributed by atoms with Gasteiger partial charge in [0.1, 0.15) is 11.4 Å². The summed E-state index contributed by atoms with van der Waals surface area (Å²) in [4.78, 5) is 12.5. The molecule has 0 amide bonds. The standard InChI is InChI=1S/C20H30O4/c1-11-13-6-5-12-8-19(13,10-18(12,4)23)9-16(22)20(24)14(11)7-15(21)17(20,2)3/h12-14,16,22-24H,1,5-10H2,2-4H3/t12-,13+,14+,16-,18-,19-,20+/m1/s1. The van der Waals surface area contributed by atoms with Crippen LogP contribution in [0.25, 0.3) is 0 Å². The lowest BCUT2D eigenvalue weighted by molar-refractivity contribution is -0.163. The van der Waals surface area contributed by atoms with Gasteiger partial charge in [-0.15, -0.1) is 0 Å². The first-order valence-corrected chi connectivity index (χ1v) is 9.30. The summed E-state index contributed by atoms with van der Waals surface area (Å²) < 4.78 is 0. The first-order chi connectivity index (χ1) is 11.0. The van der Waals surface area contributed by atoms with Gasteiger partial charge in [0.2, 0.25) is 0 Å². The fraction of sp³-hybridized carbons (Fsp3) is 0.850. The Morgan fingerprint density at radius 3 is 2.42 bits per heavy atom. The van der Waals surface area contributed by atoms with E-state index in [1.54, 1.807) is 13.8 Å². The summed E-state index contributed by atoms with van der Waals surface area (Å²) in [7, 11) is 0. The highest BCUT2D eigenvalue weighted by Gasteiger charge is 2.69. The van der Waals surface area contributed by atoms with Crippen molar-refractivity contribution in [3.05, 3.63) is 12.2 Å². The molecular formula is C20H30O4. The van der Waals surface area contributed by atoms with Gasteiger partial charge in [0.25, 0.3) is 0 Å². The van der Waals surface area contributed by atoms with Crippen molar-refractivity contribution in [2.24, 2.45) is 28.6 Å². The van der Waals surface area contributed by atoms with Crippen LogP contribution in [0.3, 0.4) is 0 Å². The molecule has 7 atom stereocenters. The normalized spacial score (nSPS) is 55.9. The van der Waals surface area contributed by atoms with Gasteiger partial charge in [-0.25, -0.2) is 0 Å². The molecule has 0 aliphatic heterocycles. The van der Waals surface area contributed by atoms with Gasteiger partial charge in [-0.1, -0.05) is 26.0 Å². The molecule has 4 aliphatic carbocycles. The van der Waals surface area contributed by atoms with E-state index < -0.39 is 22.7 Å². The zero-order valence-electron chi connectivity index (χ0n) is 15.0. The van der Waals surface area contributed by atoms with Crippen molar-refractivity contribution in [1.29, 1.82) is 0 Å². The molecule has 0 aromatic heterocycles. The molecule has 4 aliphatic rings. The minimum atomic E-state index is -1.45. The van der Waals surface area contributed by atoms with E-state index >= 15 is 0 Å². The second-order valence-electron chi connectivity index (χ2n) is 9.85. The third-order valence-electron chi connectivity index (χ3n) is 8.41. The summed E-state index contributed by atoms with van der Waals surface area (Å²) in [5.41, 5.74) is -2.38. The average Bonchev–Trinajstić information content (AvgIpc) is 2.76. The SMILES string of the molecule is C=C1[C@@H]2CC[C@@H]3C[C@@]2(C[C@@H](O)[C@@]2(O)[C@H]1CC(=O)C2(C)C)C[C@@]3(C)O. The largest absolute Gasteiger partial charge is 0.390 e. The van der Waals surface area contributed by atoms with Crippen LogP contribution in [0.1, 0.15) is 59.3 Å². The number of carbonyl (C=O) groups is 1. The van der Waals surface area contributed by atoms with Crippen molar-refractivity contribution in [2.75, 3.05) is 0 Å². The molecule has 0 heterocycles. The number of Topliss-reactive ketones (excluding diaryl/α,β-unsaturated/α-hetero) is 1. The van der Waals surface area contributed by atoms with Crippen molar-refractivity contribution in [1.82, 2.24) is 0 Å². The van der Waals surface area contributed by atoms with Crippen molar-refractivity contribution in [2.45, 2.75) is 76.6 Å². The van der Waals surface area contributed by atoms with Crippen LogP contribution in [0, 0.1) is 28.6 Å². The molecular weight excluding hydrogens is 304 g/mol. The van der Waals surface area contributed by atoms with Crippen LogP contribution in [0.15, 0.2) is 12.2 Å². The number of fused-ring (bicyclic) bond motifs is 2. The lowest BCUT2D eigenvalue weighted by Gasteiger charge is -2.43. The van der Waals surface area contributed by atoms with Gasteiger partial charge >= 0.3 is 0 Å². The Balaban J connectivity index is 1.83. The predicted molar refractivity (Wildman–Crippen MR) is 90.1 cm³/mol. The van der Waals surface area contributed by atoms with Gasteiger partial charge in [0.05, 0.1) is 17.1 Å². The van der Waals surface area contributed by atoms with Crippen molar-refractivity contribution >= 4 is 5.78 Å². The molecule has 24 heavy (non-hydrogen) atoms. The smallest absolute Gasteiger partial charge is 0.142 e. The molecule has 4 saturated carbocycles. The maximum Gasteiger partial charge on any atom is 0.142 e. The van der Waals surface area contributed by atoms with Crippen molar-refractivity contribution < 1.29 is 20.1 Å². The van der Waals surface area contributed by atoms with E-state index in [1.807, 2.05) is 6.92 Å². The summed E-state index contributed by atoms with van der Waals surface area (Å²) >= 11 is 0. The first-order valence-electron chi connectivity index (χ1n) is 9.30. The van der Waals surface area contributed by atoms with Crippen LogP contribution >= 0.6 is 0 Å². The van der Waals surface area contributed by atoms with Crippen LogP contribution < -0.4 is 0 Å². The molecule has 0 unspecified atom stereocenters. The maximum atomic E-state index is 12.5. The maximum absolute atomic E-state index is 12.5. The molecule has 4 nitrogen and oxygen atoms in total. The highest BCUT2D eigenvalue weighted by molar-refractivity contribution is 5.89. The quantitative estimate of drug-likeness (QED) is 0.594. The van der Waals surface area contributed by atoms with E-state index in [1.165, 1.54) is 0 Å². The highest BCUT2D eigenvalue weighted by Crippen LogP contribution is 2.68. The van der Waals surface area contributed by atoms with E-state index in [9.17, 15) is 20.1 Å². The number of aliphatic hydroxyl groups excluding tert-OH is 1. The van der Waals surface area contributed by atoms with Gasteiger partial charge < -0.3 is 15.3 Å². The lowest BCUT2D eigenvalue weighted by Crippen LogP contribution is -2.56. The Morgan fingerprint density at radius 1 is 1.08 bits per heavy atom. The Hall–Kier alpha value is -0.710. The molecule has 4 rings (SSSR count). The Bertz CT molecular complexity index is 621. The minimum absolute atomic E-state index is 0.0123. The van der Waals surface area contributed by atoms with E-state index in [0.29, 0.717) is 12.8 Å². The fourth-order valence-corrected chi connectivity index (χ4v) is 6.97. The zero-order chi connectivity index (χ0) is 17.7. The molecule has 4 heteroatoms. The topological polar surface area (TPSA) is 77.8 Å². The van der Waals surface area contributed by atoms with Gasteiger partial charge in [-0.3, -0.25) is 4.79 Å². The van der Waals surface area contributed by atoms with Crippen LogP contribution in [0.5, 0.6) is 0 Å². The fourth-order valence-electron chi connectivity index (χ4n) is 6.97. The third kappa shape index (κ3) is 1.72. The summed E-state index contributed by atoms with van der Waals surface area (Å²) in [5.74, 6) is 0.0776. The number of rotatable bonds is 0. The number of aliphatic hydroxyl groups is 3. The average molecular weight is 334 g/mol. The predicted octanol–water partition coefficient (Wildman–Crippen LogP) is 2.21. The molecule has 2 bridgehead atoms. The van der Waals surface area contributed by atoms with Crippen LogP contribution in [0.4, 0.5) is 0 Å². The molecule has 1 spiro atoms. The molecule has 0 saturated heterocycles. The van der Waals surface area contributed by atoms with Crippen LogP contribution in [0.2, 0.25) is 0 Å². The molecule has 0 aromatic rings. The van der Waals surface area contributed by atoms with E-state index in [4.69, 9.17) is 0 Å². The zero-order valence-corrected chi connectivity index (χ0v) is 15.0. The van der Waals surface area contributed by atoms with E-state index in [-0.39, 0.29) is 35.4 Å². The minimum Gasteiger partial charge on any atom is -0.390 e. The summed E-state index contributed by atoms with van der Waals surface area (Å²) in [6.07, 6.45) is 3.20. The summed E-state index contributed by atoms with van der Waals surface area (Å²) in [5, 5.41) is 33.5. The molecule has 4 fully saturated rings. The lowest BCUT2D eigenvalue weighted by atomic mass is 9.63. The third-order valence-corrected chi connectivity index (χ3v) is 8.41. The van der Waals surface area contributed by atoms with Gasteiger partial charge in [0, 0.05) is 12.3 Å². The van der Waals surface area contributed by atoms with Crippen molar-refractivity contribution in [3.63, 3.8) is 0 Å². The second-order valence-corrected chi connectivity index (χ2v) is 9.85. The molecule has 0 radical (unpaired) electrons. The Kier molecular flexibility index (Phi) is 3.15. The van der Waals surface area contributed by atoms with Gasteiger partial charge in [-0.2, -0.15) is 0 Å². The molecule has 3 N–H and O–H groups in total. The summed E-state index contributed by atoms with van der Waals surface area (Å²) in [6.45, 7) is 9.76. The number of hydrogen-bond acceptors (Lipinski definition) is 4. The summed E-state index contributed by atoms with van der Waals surface area (Å²) in [6, 6.07) is 0. The second kappa shape index (κ2) is 4.52.